The molecular formula is C19H21N3O4. The van der Waals surface area contributed by atoms with E-state index in [1.807, 2.05) is 14.1 Å². The van der Waals surface area contributed by atoms with Crippen molar-refractivity contribution in [2.45, 2.75) is 12.5 Å². The quantitative estimate of drug-likeness (QED) is 0.426. The minimum Gasteiger partial charge on any atom is -0.872 e. The number of hydrogen-bond acceptors (Lipinski definition) is 5. The third-order valence-electron chi connectivity index (χ3n) is 4.36. The number of rotatable bonds is 6. The standard InChI is InChI=1S/C19H21N3O4/c1-21(2)10-4-11-22-16(14-5-3-12-26-14)15(18(24)19(22)25)17(23)13-6-8-20-9-7-13/h3,5-9,12,16,23H,4,10-11H2,1-2H3. The average molecular weight is 355 g/mol. The highest BCUT2D eigenvalue weighted by molar-refractivity contribution is 6.46. The van der Waals surface area contributed by atoms with E-state index in [9.17, 15) is 14.7 Å². The van der Waals surface area contributed by atoms with Gasteiger partial charge in [-0.05, 0) is 29.8 Å². The SMILES string of the molecule is C[NH+](C)CCCN1C(=O)C(=O)C(=C([O-])c2ccncc2)C1c1ccco1. The molecule has 1 fully saturated rings. The minimum atomic E-state index is -0.789. The second kappa shape index (κ2) is 7.53. The second-order valence-corrected chi connectivity index (χ2v) is 6.53. The van der Waals surface area contributed by atoms with Gasteiger partial charge in [0.2, 0.25) is 5.78 Å². The number of carbonyl (C=O) groups excluding carboxylic acids is 2. The number of nitrogens with zero attached hydrogens (tertiary/aromatic N) is 2. The van der Waals surface area contributed by atoms with Crippen molar-refractivity contribution in [3.63, 3.8) is 0 Å². The zero-order valence-corrected chi connectivity index (χ0v) is 14.8. The fourth-order valence-corrected chi connectivity index (χ4v) is 3.11. The van der Waals surface area contributed by atoms with Gasteiger partial charge in [0.25, 0.3) is 5.91 Å². The summed E-state index contributed by atoms with van der Waals surface area (Å²) in [5.41, 5.74) is 0.264. The van der Waals surface area contributed by atoms with E-state index >= 15 is 0 Å². The summed E-state index contributed by atoms with van der Waals surface area (Å²) < 4.78 is 5.45. The summed E-state index contributed by atoms with van der Waals surface area (Å²) in [5, 5.41) is 12.9. The van der Waals surface area contributed by atoms with E-state index < -0.39 is 23.5 Å². The number of quaternary nitrogens is 1. The van der Waals surface area contributed by atoms with E-state index in [4.69, 9.17) is 4.42 Å². The highest BCUT2D eigenvalue weighted by Crippen LogP contribution is 2.38. The lowest BCUT2D eigenvalue weighted by molar-refractivity contribution is -0.858. The van der Waals surface area contributed by atoms with Crippen LogP contribution in [0.15, 0.2) is 52.9 Å². The van der Waals surface area contributed by atoms with Crippen LogP contribution in [0.4, 0.5) is 0 Å². The Bertz CT molecular complexity index is 813. The van der Waals surface area contributed by atoms with E-state index in [1.54, 1.807) is 12.1 Å². The Morgan fingerprint density at radius 3 is 2.62 bits per heavy atom. The lowest BCUT2D eigenvalue weighted by Gasteiger charge is -2.25. The molecule has 26 heavy (non-hydrogen) atoms. The van der Waals surface area contributed by atoms with E-state index in [2.05, 4.69) is 4.98 Å². The molecule has 0 spiro atoms. The molecule has 7 nitrogen and oxygen atoms in total. The number of aromatic nitrogens is 1. The van der Waals surface area contributed by atoms with Gasteiger partial charge >= 0.3 is 0 Å². The summed E-state index contributed by atoms with van der Waals surface area (Å²) in [7, 11) is 4.04. The number of pyridine rings is 1. The van der Waals surface area contributed by atoms with Crippen molar-refractivity contribution in [1.29, 1.82) is 0 Å². The average Bonchev–Trinajstić information content (AvgIpc) is 3.24. The topological polar surface area (TPSA) is 90.9 Å². The molecule has 0 saturated carbocycles. The van der Waals surface area contributed by atoms with Gasteiger partial charge in [0.1, 0.15) is 11.8 Å². The van der Waals surface area contributed by atoms with Crippen molar-refractivity contribution < 1.29 is 24.0 Å². The van der Waals surface area contributed by atoms with Gasteiger partial charge in [-0.25, -0.2) is 0 Å². The predicted octanol–water partition coefficient (Wildman–Crippen LogP) is -0.567. The summed E-state index contributed by atoms with van der Waals surface area (Å²) in [6.07, 6.45) is 5.15. The van der Waals surface area contributed by atoms with Gasteiger partial charge in [-0.3, -0.25) is 14.6 Å². The molecule has 2 aromatic heterocycles. The molecule has 1 aliphatic heterocycles. The lowest BCUT2D eigenvalue weighted by Crippen LogP contribution is -3.05. The van der Waals surface area contributed by atoms with Crippen molar-refractivity contribution >= 4 is 17.4 Å². The number of hydrogen-bond donors (Lipinski definition) is 1. The van der Waals surface area contributed by atoms with Crippen LogP contribution in [-0.2, 0) is 9.59 Å². The maximum atomic E-state index is 12.9. The Labute approximate surface area is 151 Å². The molecular weight excluding hydrogens is 334 g/mol. The first-order chi connectivity index (χ1) is 12.5. The van der Waals surface area contributed by atoms with Crippen molar-refractivity contribution in [2.75, 3.05) is 27.2 Å². The van der Waals surface area contributed by atoms with Crippen molar-refractivity contribution in [3.05, 3.63) is 59.8 Å². The number of ketones is 1. The summed E-state index contributed by atoms with van der Waals surface area (Å²) in [6, 6.07) is 5.64. The molecule has 3 rings (SSSR count). The Morgan fingerprint density at radius 2 is 2.00 bits per heavy atom. The molecule has 0 radical (unpaired) electrons. The van der Waals surface area contributed by atoms with Crippen LogP contribution in [0.2, 0.25) is 0 Å². The molecule has 136 valence electrons. The van der Waals surface area contributed by atoms with E-state index in [0.29, 0.717) is 17.9 Å². The molecule has 0 aliphatic carbocycles. The van der Waals surface area contributed by atoms with Gasteiger partial charge in [0.15, 0.2) is 0 Å². The number of amides is 1. The normalized spacial score (nSPS) is 19.5. The van der Waals surface area contributed by atoms with Crippen LogP contribution in [-0.4, -0.2) is 48.8 Å². The molecule has 0 aromatic carbocycles. The van der Waals surface area contributed by atoms with Gasteiger partial charge in [-0.2, -0.15) is 0 Å². The van der Waals surface area contributed by atoms with Crippen molar-refractivity contribution in [2.24, 2.45) is 0 Å². The predicted molar refractivity (Wildman–Crippen MR) is 91.6 cm³/mol. The third kappa shape index (κ3) is 3.39. The number of furan rings is 1. The van der Waals surface area contributed by atoms with E-state index in [1.165, 1.54) is 40.6 Å². The number of Topliss-reactive ketones (excluding diaryl/α,β-unsaturated/α-hetero) is 1. The summed E-state index contributed by atoms with van der Waals surface area (Å²) in [5.74, 6) is -1.46. The van der Waals surface area contributed by atoms with Crippen LogP contribution in [0.1, 0.15) is 23.8 Å². The molecule has 3 heterocycles. The summed E-state index contributed by atoms with van der Waals surface area (Å²) in [4.78, 5) is 31.8. The number of carbonyl (C=O) groups is 2. The number of nitrogens with one attached hydrogen (secondary N) is 1. The Morgan fingerprint density at radius 1 is 1.27 bits per heavy atom. The third-order valence-corrected chi connectivity index (χ3v) is 4.36. The second-order valence-electron chi connectivity index (χ2n) is 6.53. The molecule has 1 aliphatic rings. The van der Waals surface area contributed by atoms with Gasteiger partial charge in [0.05, 0.1) is 26.9 Å². The van der Waals surface area contributed by atoms with Gasteiger partial charge in [0, 0.05) is 30.9 Å². The van der Waals surface area contributed by atoms with Crippen LogP contribution in [0.25, 0.3) is 5.76 Å². The van der Waals surface area contributed by atoms with Crippen LogP contribution in [0, 0.1) is 0 Å². The Hall–Kier alpha value is -2.93. The maximum absolute atomic E-state index is 12.9. The fraction of sp³-hybridized carbons (Fsp3) is 0.316. The molecule has 2 aromatic rings. The van der Waals surface area contributed by atoms with Crippen LogP contribution < -0.4 is 10.0 Å². The van der Waals surface area contributed by atoms with Crippen molar-refractivity contribution in [3.8, 4) is 0 Å². The molecule has 1 N–H and O–H groups in total. The maximum Gasteiger partial charge on any atom is 0.295 e. The Balaban J connectivity index is 2.02. The first-order valence-electron chi connectivity index (χ1n) is 8.50. The smallest absolute Gasteiger partial charge is 0.295 e. The first kappa shape index (κ1) is 17.9. The highest BCUT2D eigenvalue weighted by atomic mass is 16.3. The van der Waals surface area contributed by atoms with Crippen LogP contribution in [0.3, 0.4) is 0 Å². The molecule has 1 unspecified atom stereocenters. The van der Waals surface area contributed by atoms with Gasteiger partial charge < -0.3 is 19.3 Å². The highest BCUT2D eigenvalue weighted by Gasteiger charge is 2.45. The summed E-state index contributed by atoms with van der Waals surface area (Å²) in [6.45, 7) is 1.23. The van der Waals surface area contributed by atoms with Gasteiger partial charge in [-0.1, -0.05) is 5.76 Å². The summed E-state index contributed by atoms with van der Waals surface area (Å²) >= 11 is 0. The van der Waals surface area contributed by atoms with Crippen LogP contribution >= 0.6 is 0 Å². The molecule has 7 heteroatoms. The Kier molecular flexibility index (Phi) is 5.18. The fourth-order valence-electron chi connectivity index (χ4n) is 3.11. The van der Waals surface area contributed by atoms with Crippen molar-refractivity contribution in [1.82, 2.24) is 9.88 Å². The molecule has 0 bridgehead atoms. The number of likely N-dealkylation sites (tertiary alicyclic amines) is 1. The zero-order valence-electron chi connectivity index (χ0n) is 14.8. The van der Waals surface area contributed by atoms with Gasteiger partial charge in [-0.15, -0.1) is 0 Å². The first-order valence-corrected chi connectivity index (χ1v) is 8.50. The molecule has 1 atom stereocenters. The molecule has 1 amide bonds. The largest absolute Gasteiger partial charge is 0.872 e. The monoisotopic (exact) mass is 355 g/mol. The van der Waals surface area contributed by atoms with E-state index in [0.717, 1.165) is 13.0 Å². The van der Waals surface area contributed by atoms with Crippen LogP contribution in [0.5, 0.6) is 0 Å². The minimum absolute atomic E-state index is 0.0617. The zero-order chi connectivity index (χ0) is 18.7. The lowest BCUT2D eigenvalue weighted by atomic mass is 10.00. The molecule has 1 saturated heterocycles. The van der Waals surface area contributed by atoms with E-state index in [-0.39, 0.29) is 5.57 Å².